The third kappa shape index (κ3) is 2.25. The molecule has 0 fully saturated rings. The largest absolute Gasteiger partial charge is 0.504 e. The molecule has 6 nitrogen and oxygen atoms in total. The van der Waals surface area contributed by atoms with Gasteiger partial charge in [-0.1, -0.05) is 32.9 Å². The minimum absolute atomic E-state index is 0.0419. The molecule has 134 valence electrons. The molecule has 0 spiro atoms. The second kappa shape index (κ2) is 5.24. The lowest BCUT2D eigenvalue weighted by Crippen LogP contribution is -2.32. The summed E-state index contributed by atoms with van der Waals surface area (Å²) < 4.78 is 7.73. The molecule has 4 rings (SSSR count). The number of aromatic nitrogens is 1. The van der Waals surface area contributed by atoms with Gasteiger partial charge in [0.05, 0.1) is 5.69 Å². The lowest BCUT2D eigenvalue weighted by molar-refractivity contribution is 0.0693. The van der Waals surface area contributed by atoms with Gasteiger partial charge in [-0.25, -0.2) is 4.79 Å². The summed E-state index contributed by atoms with van der Waals surface area (Å²) in [6.45, 7) is 6.22. The van der Waals surface area contributed by atoms with E-state index in [0.717, 1.165) is 10.9 Å². The number of carboxylic acids is 1. The van der Waals surface area contributed by atoms with Gasteiger partial charge in [-0.3, -0.25) is 4.79 Å². The zero-order valence-corrected chi connectivity index (χ0v) is 14.7. The standard InChI is InChI=1S/C20H19NO5/c1-20(2,3)16-7-11-10-5-4-6-14(22)18(10)26-17(11)13-8-15(23)12(19(24)25)9-21(13)16/h4-6,8-9,16,22H,7H2,1-3H3,(H,24,25). The number of para-hydroxylation sites is 1. The number of carbonyl (C=O) groups is 1. The number of pyridine rings is 1. The number of furan rings is 1. The summed E-state index contributed by atoms with van der Waals surface area (Å²) in [7, 11) is 0. The van der Waals surface area contributed by atoms with Crippen LogP contribution in [-0.2, 0) is 6.42 Å². The molecular weight excluding hydrogens is 334 g/mol. The van der Waals surface area contributed by atoms with Gasteiger partial charge in [0.1, 0.15) is 5.56 Å². The second-order valence-corrected chi connectivity index (χ2v) is 7.80. The van der Waals surface area contributed by atoms with Crippen LogP contribution in [0.1, 0.15) is 42.7 Å². The summed E-state index contributed by atoms with van der Waals surface area (Å²) >= 11 is 0. The van der Waals surface area contributed by atoms with Crippen LogP contribution < -0.4 is 5.43 Å². The number of fused-ring (bicyclic) bond motifs is 5. The molecule has 1 aliphatic heterocycles. The molecule has 0 amide bonds. The van der Waals surface area contributed by atoms with Crippen LogP contribution in [0, 0.1) is 5.41 Å². The highest BCUT2D eigenvalue weighted by Crippen LogP contribution is 2.47. The Kier molecular flexibility index (Phi) is 3.31. The predicted octanol–water partition coefficient (Wildman–Crippen LogP) is 3.81. The van der Waals surface area contributed by atoms with Crippen molar-refractivity contribution in [2.75, 3.05) is 0 Å². The fourth-order valence-corrected chi connectivity index (χ4v) is 3.73. The van der Waals surface area contributed by atoms with E-state index in [1.807, 2.05) is 10.6 Å². The van der Waals surface area contributed by atoms with E-state index in [4.69, 9.17) is 4.42 Å². The number of carboxylic acid groups (broad SMARTS) is 1. The predicted molar refractivity (Wildman–Crippen MR) is 96.7 cm³/mol. The summed E-state index contributed by atoms with van der Waals surface area (Å²) in [4.78, 5) is 23.7. The van der Waals surface area contributed by atoms with Crippen LogP contribution in [-0.4, -0.2) is 20.7 Å². The number of hydrogen-bond acceptors (Lipinski definition) is 4. The number of phenols is 1. The van der Waals surface area contributed by atoms with E-state index in [9.17, 15) is 19.8 Å². The normalized spacial score (nSPS) is 16.3. The molecule has 1 aromatic carbocycles. The van der Waals surface area contributed by atoms with Crippen molar-refractivity contribution in [2.24, 2.45) is 5.41 Å². The van der Waals surface area contributed by atoms with Gasteiger partial charge in [0, 0.05) is 29.3 Å². The van der Waals surface area contributed by atoms with E-state index >= 15 is 0 Å². The van der Waals surface area contributed by atoms with Crippen LogP contribution in [0.5, 0.6) is 5.75 Å². The van der Waals surface area contributed by atoms with E-state index in [1.165, 1.54) is 12.3 Å². The monoisotopic (exact) mass is 353 g/mol. The molecule has 2 N–H and O–H groups in total. The average Bonchev–Trinajstić information content (AvgIpc) is 2.93. The number of phenolic OH excluding ortho intramolecular Hbond substituents is 1. The maximum atomic E-state index is 12.3. The SMILES string of the molecule is CC(C)(C)C1Cc2c(oc3c(O)cccc23)-c2cc(=O)c(C(=O)O)cn21. The molecule has 0 bridgehead atoms. The van der Waals surface area contributed by atoms with E-state index in [2.05, 4.69) is 20.8 Å². The molecule has 1 unspecified atom stereocenters. The Morgan fingerprint density at radius 1 is 1.31 bits per heavy atom. The zero-order chi connectivity index (χ0) is 18.8. The van der Waals surface area contributed by atoms with Crippen molar-refractivity contribution in [3.8, 4) is 17.2 Å². The van der Waals surface area contributed by atoms with Crippen LogP contribution in [0.15, 0.2) is 39.7 Å². The molecule has 2 aromatic heterocycles. The molecular formula is C20H19NO5. The molecule has 0 saturated carbocycles. The summed E-state index contributed by atoms with van der Waals surface area (Å²) in [6, 6.07) is 6.45. The number of aromatic carboxylic acids is 1. The molecule has 0 saturated heterocycles. The Bertz CT molecular complexity index is 1110. The second-order valence-electron chi connectivity index (χ2n) is 7.80. The molecule has 3 heterocycles. The van der Waals surface area contributed by atoms with Gasteiger partial charge >= 0.3 is 5.97 Å². The first kappa shape index (κ1) is 16.4. The Hall–Kier alpha value is -3.02. The molecule has 26 heavy (non-hydrogen) atoms. The van der Waals surface area contributed by atoms with Crippen LogP contribution in [0.4, 0.5) is 0 Å². The van der Waals surface area contributed by atoms with Gasteiger partial charge in [0.2, 0.25) is 0 Å². The van der Waals surface area contributed by atoms with E-state index < -0.39 is 11.4 Å². The van der Waals surface area contributed by atoms with Gasteiger partial charge < -0.3 is 19.2 Å². The maximum absolute atomic E-state index is 12.3. The fourth-order valence-electron chi connectivity index (χ4n) is 3.73. The third-order valence-corrected chi connectivity index (χ3v) is 5.07. The smallest absolute Gasteiger partial charge is 0.341 e. The third-order valence-electron chi connectivity index (χ3n) is 5.07. The number of benzene rings is 1. The summed E-state index contributed by atoms with van der Waals surface area (Å²) in [6.07, 6.45) is 2.02. The zero-order valence-electron chi connectivity index (χ0n) is 14.7. The average molecular weight is 353 g/mol. The molecule has 6 heteroatoms. The van der Waals surface area contributed by atoms with Crippen molar-refractivity contribution in [1.29, 1.82) is 0 Å². The summed E-state index contributed by atoms with van der Waals surface area (Å²) in [5.41, 5.74) is 0.848. The van der Waals surface area contributed by atoms with Gasteiger partial charge in [-0.05, 0) is 17.9 Å². The lowest BCUT2D eigenvalue weighted by Gasteiger charge is -2.37. The van der Waals surface area contributed by atoms with Gasteiger partial charge in [-0.15, -0.1) is 0 Å². The highest BCUT2D eigenvalue weighted by Gasteiger charge is 2.36. The summed E-state index contributed by atoms with van der Waals surface area (Å²) in [5, 5.41) is 20.3. The van der Waals surface area contributed by atoms with Gasteiger partial charge in [0.15, 0.2) is 22.5 Å². The lowest BCUT2D eigenvalue weighted by atomic mass is 9.80. The first-order valence-electron chi connectivity index (χ1n) is 8.41. The fraction of sp³-hybridized carbons (Fsp3) is 0.300. The topological polar surface area (TPSA) is 92.7 Å². The Labute approximate surface area is 149 Å². The maximum Gasteiger partial charge on any atom is 0.341 e. The molecule has 3 aromatic rings. The van der Waals surface area contributed by atoms with E-state index in [0.29, 0.717) is 23.5 Å². The minimum Gasteiger partial charge on any atom is -0.504 e. The van der Waals surface area contributed by atoms with Crippen molar-refractivity contribution < 1.29 is 19.4 Å². The summed E-state index contributed by atoms with van der Waals surface area (Å²) in [5.74, 6) is -0.692. The quantitative estimate of drug-likeness (QED) is 0.694. The van der Waals surface area contributed by atoms with Gasteiger partial charge in [-0.2, -0.15) is 0 Å². The highest BCUT2D eigenvalue weighted by atomic mass is 16.4. The van der Waals surface area contributed by atoms with Crippen LogP contribution in [0.3, 0.4) is 0 Å². The Morgan fingerprint density at radius 2 is 2.04 bits per heavy atom. The Balaban J connectivity index is 2.09. The number of nitrogens with zero attached hydrogens (tertiary/aromatic N) is 1. The molecule has 0 radical (unpaired) electrons. The first-order chi connectivity index (χ1) is 12.2. The Morgan fingerprint density at radius 3 is 2.69 bits per heavy atom. The van der Waals surface area contributed by atoms with Crippen LogP contribution in [0.2, 0.25) is 0 Å². The number of hydrogen-bond donors (Lipinski definition) is 2. The highest BCUT2D eigenvalue weighted by molar-refractivity contribution is 5.92. The van der Waals surface area contributed by atoms with Crippen LogP contribution in [0.25, 0.3) is 22.4 Å². The number of aromatic hydroxyl groups is 1. The van der Waals surface area contributed by atoms with Crippen LogP contribution >= 0.6 is 0 Å². The number of rotatable bonds is 1. The van der Waals surface area contributed by atoms with Crippen molar-refractivity contribution in [1.82, 2.24) is 4.57 Å². The van der Waals surface area contributed by atoms with Crippen molar-refractivity contribution >= 4 is 16.9 Å². The first-order valence-corrected chi connectivity index (χ1v) is 8.41. The minimum atomic E-state index is -1.24. The molecule has 1 aliphatic rings. The molecule has 0 aliphatic carbocycles. The van der Waals surface area contributed by atoms with E-state index in [1.54, 1.807) is 12.1 Å². The van der Waals surface area contributed by atoms with Crippen molar-refractivity contribution in [2.45, 2.75) is 33.2 Å². The van der Waals surface area contributed by atoms with Crippen molar-refractivity contribution in [3.63, 3.8) is 0 Å². The van der Waals surface area contributed by atoms with Gasteiger partial charge in [0.25, 0.3) is 0 Å². The molecule has 1 atom stereocenters. The van der Waals surface area contributed by atoms with Crippen molar-refractivity contribution in [3.05, 3.63) is 51.8 Å². The van der Waals surface area contributed by atoms with E-state index in [-0.39, 0.29) is 22.8 Å².